The van der Waals surface area contributed by atoms with E-state index in [1.54, 1.807) is 6.07 Å². The Morgan fingerprint density at radius 1 is 1.39 bits per heavy atom. The molecule has 0 fully saturated rings. The molecule has 0 atom stereocenters. The van der Waals surface area contributed by atoms with Crippen molar-refractivity contribution in [2.75, 3.05) is 6.54 Å². The molecule has 0 aliphatic heterocycles. The molecule has 0 aromatic carbocycles. The predicted molar refractivity (Wildman–Crippen MR) is 63.6 cm³/mol. The van der Waals surface area contributed by atoms with Gasteiger partial charge in [-0.25, -0.2) is 4.79 Å². The number of hydrogen-bond donors (Lipinski definition) is 1. The number of carboxylic acid groups (broad SMARTS) is 1. The van der Waals surface area contributed by atoms with E-state index in [2.05, 4.69) is 4.99 Å². The molecule has 0 saturated heterocycles. The van der Waals surface area contributed by atoms with E-state index < -0.39 is 11.9 Å². The second kappa shape index (κ2) is 8.05. The molecule has 0 radical (unpaired) electrons. The molecule has 1 aromatic rings. The predicted octanol–water partition coefficient (Wildman–Crippen LogP) is 2.11. The van der Waals surface area contributed by atoms with Crippen LogP contribution in [0.2, 0.25) is 0 Å². The largest absolute Gasteiger partial charge is 0.481 e. The fourth-order valence-corrected chi connectivity index (χ4v) is 1.25. The summed E-state index contributed by atoms with van der Waals surface area (Å²) in [4.78, 5) is 25.4. The standard InChI is InChI=1S/C12H15NO5/c14-11(15)6-2-1-3-7-13-9-18-12(16)10-5-4-8-17-10/h4-5,8-9H,1-3,6-7H2,(H,14,15). The number of ether oxygens (including phenoxy) is 1. The van der Waals surface area contributed by atoms with Gasteiger partial charge >= 0.3 is 11.9 Å². The van der Waals surface area contributed by atoms with Crippen molar-refractivity contribution in [3.8, 4) is 0 Å². The zero-order valence-electron chi connectivity index (χ0n) is 9.87. The van der Waals surface area contributed by atoms with Gasteiger partial charge in [0.15, 0.2) is 6.40 Å². The van der Waals surface area contributed by atoms with Gasteiger partial charge in [-0.15, -0.1) is 0 Å². The third kappa shape index (κ3) is 5.83. The zero-order chi connectivity index (χ0) is 13.2. The summed E-state index contributed by atoms with van der Waals surface area (Å²) in [5.41, 5.74) is 0. The number of aliphatic imine (C=N–C) groups is 1. The Balaban J connectivity index is 2.04. The summed E-state index contributed by atoms with van der Waals surface area (Å²) in [6, 6.07) is 3.10. The van der Waals surface area contributed by atoms with Crippen molar-refractivity contribution < 1.29 is 23.8 Å². The highest BCUT2D eigenvalue weighted by molar-refractivity contribution is 5.90. The van der Waals surface area contributed by atoms with Gasteiger partial charge in [0.25, 0.3) is 0 Å². The van der Waals surface area contributed by atoms with Gasteiger partial charge < -0.3 is 14.3 Å². The minimum absolute atomic E-state index is 0.128. The maximum absolute atomic E-state index is 11.2. The first-order valence-electron chi connectivity index (χ1n) is 5.64. The van der Waals surface area contributed by atoms with Gasteiger partial charge in [-0.3, -0.25) is 9.79 Å². The summed E-state index contributed by atoms with van der Waals surface area (Å²) >= 11 is 0. The molecular weight excluding hydrogens is 238 g/mol. The van der Waals surface area contributed by atoms with Crippen LogP contribution in [0.5, 0.6) is 0 Å². The van der Waals surface area contributed by atoms with Crippen molar-refractivity contribution in [3.05, 3.63) is 24.2 Å². The van der Waals surface area contributed by atoms with E-state index >= 15 is 0 Å². The minimum atomic E-state index is -0.786. The maximum Gasteiger partial charge on any atom is 0.380 e. The Labute approximate surface area is 104 Å². The molecule has 6 heteroatoms. The first-order valence-corrected chi connectivity index (χ1v) is 5.64. The number of carbonyl (C=O) groups excluding carboxylic acids is 1. The average molecular weight is 253 g/mol. The van der Waals surface area contributed by atoms with Crippen molar-refractivity contribution >= 4 is 18.3 Å². The maximum atomic E-state index is 11.2. The Kier molecular flexibility index (Phi) is 6.24. The Morgan fingerprint density at radius 3 is 2.89 bits per heavy atom. The first kappa shape index (κ1) is 14.0. The van der Waals surface area contributed by atoms with Gasteiger partial charge in [0.05, 0.1) is 6.26 Å². The fourth-order valence-electron chi connectivity index (χ4n) is 1.25. The number of carboxylic acids is 1. The fraction of sp³-hybridized carbons (Fsp3) is 0.417. The quantitative estimate of drug-likeness (QED) is 0.331. The summed E-state index contributed by atoms with van der Waals surface area (Å²) < 4.78 is 9.55. The van der Waals surface area contributed by atoms with Gasteiger partial charge in [0.2, 0.25) is 5.76 Å². The van der Waals surface area contributed by atoms with E-state index in [9.17, 15) is 9.59 Å². The van der Waals surface area contributed by atoms with Crippen LogP contribution in [0.1, 0.15) is 36.2 Å². The molecule has 0 saturated carbocycles. The molecule has 1 heterocycles. The van der Waals surface area contributed by atoms with Crippen LogP contribution in [0, 0.1) is 0 Å². The second-order valence-electron chi connectivity index (χ2n) is 3.60. The van der Waals surface area contributed by atoms with E-state index in [1.165, 1.54) is 12.3 Å². The minimum Gasteiger partial charge on any atom is -0.481 e. The van der Waals surface area contributed by atoms with E-state index in [4.69, 9.17) is 14.3 Å². The number of rotatable bonds is 8. The number of nitrogens with zero attached hydrogens (tertiary/aromatic N) is 1. The Bertz CT molecular complexity index is 397. The highest BCUT2D eigenvalue weighted by atomic mass is 16.5. The van der Waals surface area contributed by atoms with Gasteiger partial charge in [0.1, 0.15) is 0 Å². The van der Waals surface area contributed by atoms with Crippen LogP contribution in [0.3, 0.4) is 0 Å². The number of furan rings is 1. The summed E-state index contributed by atoms with van der Waals surface area (Å²) in [6.45, 7) is 0.505. The SMILES string of the molecule is O=C(O)CCCCCN=COC(=O)c1ccco1. The number of hydrogen-bond acceptors (Lipinski definition) is 5. The summed E-state index contributed by atoms with van der Waals surface area (Å²) in [5, 5.41) is 8.41. The molecule has 98 valence electrons. The second-order valence-corrected chi connectivity index (χ2v) is 3.60. The van der Waals surface area contributed by atoms with Crippen LogP contribution in [0.25, 0.3) is 0 Å². The molecular formula is C12H15NO5. The lowest BCUT2D eigenvalue weighted by atomic mass is 10.2. The number of aliphatic carboxylic acids is 1. The Morgan fingerprint density at radius 2 is 2.22 bits per heavy atom. The lowest BCUT2D eigenvalue weighted by Gasteiger charge is -1.96. The number of unbranched alkanes of at least 4 members (excludes halogenated alkanes) is 2. The van der Waals surface area contributed by atoms with Crippen LogP contribution in [-0.2, 0) is 9.53 Å². The molecule has 18 heavy (non-hydrogen) atoms. The normalized spacial score (nSPS) is 10.7. The van der Waals surface area contributed by atoms with Gasteiger partial charge in [-0.2, -0.15) is 0 Å². The van der Waals surface area contributed by atoms with E-state index in [0.29, 0.717) is 13.0 Å². The molecule has 0 bridgehead atoms. The van der Waals surface area contributed by atoms with E-state index in [-0.39, 0.29) is 12.2 Å². The molecule has 0 aliphatic carbocycles. The molecule has 0 unspecified atom stereocenters. The third-order valence-electron chi connectivity index (χ3n) is 2.13. The zero-order valence-corrected chi connectivity index (χ0v) is 9.87. The van der Waals surface area contributed by atoms with Crippen LogP contribution in [0.4, 0.5) is 0 Å². The van der Waals surface area contributed by atoms with Gasteiger partial charge in [-0.1, -0.05) is 6.42 Å². The third-order valence-corrected chi connectivity index (χ3v) is 2.13. The summed E-state index contributed by atoms with van der Waals surface area (Å²) in [7, 11) is 0. The van der Waals surface area contributed by atoms with Crippen molar-refractivity contribution in [3.63, 3.8) is 0 Å². The topological polar surface area (TPSA) is 89.1 Å². The summed E-state index contributed by atoms with van der Waals surface area (Å²) in [6.07, 6.45) is 4.84. The highest BCUT2D eigenvalue weighted by Crippen LogP contribution is 2.02. The van der Waals surface area contributed by atoms with E-state index in [1.807, 2.05) is 0 Å². The van der Waals surface area contributed by atoms with Gasteiger partial charge in [-0.05, 0) is 25.0 Å². The van der Waals surface area contributed by atoms with Crippen molar-refractivity contribution in [1.82, 2.24) is 0 Å². The molecule has 0 aliphatic rings. The molecule has 1 N–H and O–H groups in total. The van der Waals surface area contributed by atoms with Crippen molar-refractivity contribution in [1.29, 1.82) is 0 Å². The van der Waals surface area contributed by atoms with Crippen LogP contribution < -0.4 is 0 Å². The lowest BCUT2D eigenvalue weighted by molar-refractivity contribution is -0.137. The highest BCUT2D eigenvalue weighted by Gasteiger charge is 2.07. The van der Waals surface area contributed by atoms with Crippen LogP contribution in [0.15, 0.2) is 27.8 Å². The molecule has 0 spiro atoms. The lowest BCUT2D eigenvalue weighted by Crippen LogP contribution is -2.02. The van der Waals surface area contributed by atoms with Crippen LogP contribution >= 0.6 is 0 Å². The van der Waals surface area contributed by atoms with Crippen molar-refractivity contribution in [2.24, 2.45) is 4.99 Å². The molecule has 1 rings (SSSR count). The van der Waals surface area contributed by atoms with Crippen molar-refractivity contribution in [2.45, 2.75) is 25.7 Å². The average Bonchev–Trinajstić information content (AvgIpc) is 2.85. The van der Waals surface area contributed by atoms with Gasteiger partial charge in [0, 0.05) is 13.0 Å². The first-order chi connectivity index (χ1) is 8.70. The smallest absolute Gasteiger partial charge is 0.380 e. The van der Waals surface area contributed by atoms with Crippen LogP contribution in [-0.4, -0.2) is 30.0 Å². The Hall–Kier alpha value is -2.11. The monoisotopic (exact) mass is 253 g/mol. The van der Waals surface area contributed by atoms with E-state index in [0.717, 1.165) is 19.2 Å². The summed E-state index contributed by atoms with van der Waals surface area (Å²) in [5.74, 6) is -1.25. The molecule has 1 aromatic heterocycles. The number of carbonyl (C=O) groups is 2. The number of esters is 1. The molecule has 0 amide bonds. The molecule has 6 nitrogen and oxygen atoms in total.